The van der Waals surface area contributed by atoms with Crippen molar-refractivity contribution in [1.82, 2.24) is 0 Å². The van der Waals surface area contributed by atoms with E-state index in [1.165, 1.54) is 0 Å². The summed E-state index contributed by atoms with van der Waals surface area (Å²) >= 11 is 2.89. The van der Waals surface area contributed by atoms with Crippen LogP contribution in [0.5, 0.6) is 0 Å². The highest BCUT2D eigenvalue weighted by Gasteiger charge is 2.25. The van der Waals surface area contributed by atoms with Crippen molar-refractivity contribution < 1.29 is 27.1 Å². The van der Waals surface area contributed by atoms with E-state index in [2.05, 4.69) is 15.9 Å². The molecule has 19 heavy (non-hydrogen) atoms. The second-order valence-corrected chi connectivity index (χ2v) is 6.26. The zero-order valence-corrected chi connectivity index (χ0v) is 12.2. The molecule has 0 aliphatic carbocycles. The van der Waals surface area contributed by atoms with Gasteiger partial charge in [-0.25, -0.2) is 18.4 Å². The van der Waals surface area contributed by atoms with Crippen molar-refractivity contribution >= 4 is 31.9 Å². The number of primary sulfonamides is 1. The maximum absolute atomic E-state index is 11.8. The first-order valence-corrected chi connectivity index (χ1v) is 7.82. The van der Waals surface area contributed by atoms with Crippen molar-refractivity contribution in [1.29, 1.82) is 0 Å². The smallest absolute Gasteiger partial charge is 0.374 e. The Hall–Kier alpha value is -0.900. The molecule has 0 saturated carbocycles. The Balaban J connectivity index is 2.11. The van der Waals surface area contributed by atoms with Crippen LogP contribution in [0.3, 0.4) is 0 Å². The number of rotatable bonds is 3. The Kier molecular flexibility index (Phi) is 4.29. The summed E-state index contributed by atoms with van der Waals surface area (Å²) in [6.07, 6.45) is 0.966. The van der Waals surface area contributed by atoms with Crippen LogP contribution in [0.1, 0.15) is 23.4 Å². The largest absolute Gasteiger partial charge is 0.456 e. The topological polar surface area (TPSA) is 109 Å². The zero-order valence-electron chi connectivity index (χ0n) is 9.80. The van der Waals surface area contributed by atoms with Gasteiger partial charge in [0.2, 0.25) is 15.8 Å². The van der Waals surface area contributed by atoms with Gasteiger partial charge in [0.05, 0.1) is 13.2 Å². The molecule has 1 saturated heterocycles. The van der Waals surface area contributed by atoms with Crippen LogP contribution in [0.15, 0.2) is 20.0 Å². The van der Waals surface area contributed by atoms with E-state index in [1.807, 2.05) is 0 Å². The summed E-state index contributed by atoms with van der Waals surface area (Å²) in [5.74, 6) is -0.926. The van der Waals surface area contributed by atoms with Crippen molar-refractivity contribution in [3.63, 3.8) is 0 Å². The number of hydrogen-bond donors (Lipinski definition) is 1. The van der Waals surface area contributed by atoms with Crippen molar-refractivity contribution in [3.8, 4) is 0 Å². The van der Waals surface area contributed by atoms with Gasteiger partial charge in [-0.15, -0.1) is 0 Å². The predicted molar refractivity (Wildman–Crippen MR) is 67.0 cm³/mol. The lowest BCUT2D eigenvalue weighted by Crippen LogP contribution is -2.26. The fraction of sp³-hybridized carbons (Fsp3) is 0.500. The number of halogens is 1. The summed E-state index contributed by atoms with van der Waals surface area (Å²) in [4.78, 5) is 11.5. The molecular weight excluding hydrogens is 342 g/mol. The number of carbonyl (C=O) groups excluding carboxylic acids is 1. The van der Waals surface area contributed by atoms with Crippen molar-refractivity contribution in [2.45, 2.75) is 23.8 Å². The molecule has 0 bridgehead atoms. The quantitative estimate of drug-likeness (QED) is 0.812. The number of ether oxygens (including phenoxy) is 2. The van der Waals surface area contributed by atoms with Crippen LogP contribution in [0, 0.1) is 0 Å². The number of carbonyl (C=O) groups is 1. The van der Waals surface area contributed by atoms with Crippen LogP contribution >= 0.6 is 15.9 Å². The molecule has 0 aromatic carbocycles. The minimum Gasteiger partial charge on any atom is -0.456 e. The van der Waals surface area contributed by atoms with Crippen molar-refractivity contribution in [2.24, 2.45) is 5.14 Å². The number of esters is 1. The molecule has 0 unspecified atom stereocenters. The molecule has 1 aromatic heterocycles. The highest BCUT2D eigenvalue weighted by molar-refractivity contribution is 9.10. The van der Waals surface area contributed by atoms with Gasteiger partial charge < -0.3 is 13.9 Å². The van der Waals surface area contributed by atoms with E-state index in [9.17, 15) is 13.2 Å². The van der Waals surface area contributed by atoms with E-state index in [-0.39, 0.29) is 21.4 Å². The van der Waals surface area contributed by atoms with E-state index in [0.29, 0.717) is 26.1 Å². The number of hydrogen-bond acceptors (Lipinski definition) is 6. The van der Waals surface area contributed by atoms with E-state index in [4.69, 9.17) is 19.0 Å². The van der Waals surface area contributed by atoms with Crippen LogP contribution in [0.25, 0.3) is 0 Å². The molecule has 9 heteroatoms. The Morgan fingerprint density at radius 3 is 2.58 bits per heavy atom. The standard InChI is InChI=1S/C10H12BrNO6S/c11-9-8(19(12,14)15)5-7(18-9)10(13)17-6-1-3-16-4-2-6/h5-6H,1-4H2,(H2,12,14,15). The number of nitrogens with two attached hydrogens (primary N) is 1. The van der Waals surface area contributed by atoms with Crippen LogP contribution < -0.4 is 5.14 Å². The zero-order chi connectivity index (χ0) is 14.0. The molecule has 1 aromatic rings. The average molecular weight is 354 g/mol. The van der Waals surface area contributed by atoms with E-state index < -0.39 is 16.0 Å². The van der Waals surface area contributed by atoms with Gasteiger partial charge in [-0.05, 0) is 15.9 Å². The van der Waals surface area contributed by atoms with E-state index in [0.717, 1.165) is 6.07 Å². The number of sulfonamides is 1. The molecule has 0 amide bonds. The lowest BCUT2D eigenvalue weighted by Gasteiger charge is -2.21. The molecule has 2 heterocycles. The Morgan fingerprint density at radius 1 is 1.42 bits per heavy atom. The molecule has 2 rings (SSSR count). The lowest BCUT2D eigenvalue weighted by atomic mass is 10.1. The third-order valence-corrected chi connectivity index (χ3v) is 4.37. The maximum Gasteiger partial charge on any atom is 0.374 e. The first kappa shape index (κ1) is 14.5. The van der Waals surface area contributed by atoms with Gasteiger partial charge in [0.15, 0.2) is 4.67 Å². The molecule has 0 radical (unpaired) electrons. The van der Waals surface area contributed by atoms with Crippen LogP contribution in [0.2, 0.25) is 0 Å². The first-order chi connectivity index (χ1) is 8.88. The molecule has 106 valence electrons. The van der Waals surface area contributed by atoms with E-state index >= 15 is 0 Å². The van der Waals surface area contributed by atoms with Crippen LogP contribution in [0.4, 0.5) is 0 Å². The molecule has 2 N–H and O–H groups in total. The van der Waals surface area contributed by atoms with Gasteiger partial charge >= 0.3 is 5.97 Å². The van der Waals surface area contributed by atoms with Gasteiger partial charge in [-0.3, -0.25) is 0 Å². The monoisotopic (exact) mass is 353 g/mol. The SMILES string of the molecule is NS(=O)(=O)c1cc(C(=O)OC2CCOCC2)oc1Br. The Bertz CT molecular complexity index is 575. The molecular formula is C10H12BrNO6S. The molecule has 1 aliphatic rings. The number of furan rings is 1. The minimum atomic E-state index is -3.95. The Labute approximate surface area is 118 Å². The molecule has 0 atom stereocenters. The van der Waals surface area contributed by atoms with Crippen LogP contribution in [-0.2, 0) is 19.5 Å². The summed E-state index contributed by atoms with van der Waals surface area (Å²) < 4.78 is 37.6. The van der Waals surface area contributed by atoms with Crippen molar-refractivity contribution in [2.75, 3.05) is 13.2 Å². The summed E-state index contributed by atoms with van der Waals surface area (Å²) in [5.41, 5.74) is 0. The van der Waals surface area contributed by atoms with Gasteiger partial charge in [0.25, 0.3) is 0 Å². The molecule has 7 nitrogen and oxygen atoms in total. The predicted octanol–water partition coefficient (Wildman–Crippen LogP) is 1.03. The molecule has 1 fully saturated rings. The fourth-order valence-corrected chi connectivity index (χ4v) is 3.15. The summed E-state index contributed by atoms with van der Waals surface area (Å²) in [5, 5.41) is 4.97. The summed E-state index contributed by atoms with van der Waals surface area (Å²) in [6, 6.07) is 1.04. The molecule has 0 spiro atoms. The second-order valence-electron chi connectivity index (χ2n) is 4.01. The van der Waals surface area contributed by atoms with Gasteiger partial charge in [0, 0.05) is 18.9 Å². The van der Waals surface area contributed by atoms with Gasteiger partial charge in [-0.2, -0.15) is 0 Å². The van der Waals surface area contributed by atoms with Crippen molar-refractivity contribution in [3.05, 3.63) is 16.5 Å². The van der Waals surface area contributed by atoms with Gasteiger partial charge in [0.1, 0.15) is 11.0 Å². The minimum absolute atomic E-state index is 0.117. The third kappa shape index (κ3) is 3.56. The van der Waals surface area contributed by atoms with E-state index in [1.54, 1.807) is 0 Å². The third-order valence-electron chi connectivity index (χ3n) is 2.61. The fourth-order valence-electron chi connectivity index (χ4n) is 1.65. The maximum atomic E-state index is 11.8. The second kappa shape index (κ2) is 5.61. The average Bonchev–Trinajstić information content (AvgIpc) is 2.72. The molecule has 1 aliphatic heterocycles. The summed E-state index contributed by atoms with van der Waals surface area (Å²) in [7, 11) is -3.95. The highest BCUT2D eigenvalue weighted by Crippen LogP contribution is 2.26. The highest BCUT2D eigenvalue weighted by atomic mass is 79.9. The summed E-state index contributed by atoms with van der Waals surface area (Å²) in [6.45, 7) is 1.06. The first-order valence-electron chi connectivity index (χ1n) is 5.49. The normalized spacial score (nSPS) is 17.4. The van der Waals surface area contributed by atoms with Gasteiger partial charge in [-0.1, -0.05) is 0 Å². The van der Waals surface area contributed by atoms with Crippen LogP contribution in [-0.4, -0.2) is 33.7 Å². The Morgan fingerprint density at radius 2 is 2.05 bits per heavy atom. The lowest BCUT2D eigenvalue weighted by molar-refractivity contribution is -0.0180.